The predicted octanol–water partition coefficient (Wildman–Crippen LogP) is 5.62. The van der Waals surface area contributed by atoms with E-state index in [4.69, 9.17) is 4.84 Å². The molecule has 0 aliphatic rings. The summed E-state index contributed by atoms with van der Waals surface area (Å²) in [7, 11) is 1.52. The van der Waals surface area contributed by atoms with Crippen LogP contribution in [0.15, 0.2) is 72.1 Å². The summed E-state index contributed by atoms with van der Waals surface area (Å²) in [6.45, 7) is 0. The first-order chi connectivity index (χ1) is 15.8. The molecule has 0 fully saturated rings. The number of carboxylic acid groups (broad SMARTS) is 1. The molecule has 4 aromatic rings. The number of thiazole rings is 1. The second kappa shape index (κ2) is 9.14. The minimum absolute atomic E-state index is 0.0836. The summed E-state index contributed by atoms with van der Waals surface area (Å²) in [5.41, 5.74) is 4.12. The Bertz CT molecular complexity index is 1320. The largest absolute Gasteiger partial charge is 0.478 e. The van der Waals surface area contributed by atoms with Gasteiger partial charge in [-0.2, -0.15) is 18.7 Å². The van der Waals surface area contributed by atoms with Gasteiger partial charge in [-0.1, -0.05) is 36.4 Å². The lowest BCUT2D eigenvalue weighted by Gasteiger charge is -2.10. The van der Waals surface area contributed by atoms with Gasteiger partial charge < -0.3 is 5.11 Å². The van der Waals surface area contributed by atoms with Crippen molar-refractivity contribution in [1.82, 2.24) is 4.98 Å². The molecule has 0 radical (unpaired) electrons. The standard InChI is InChI=1S/C24H17F3N2O3S/c1-32-29-20-8-3-2-7-18(20)17-10-9-15(12-19(17)23(30)31)22-28-21(13-33-22)14-5-4-6-16(11-14)24(25,26)27/h2-13,29H,1H3,(H,30,31)/p+1. The SMILES string of the molecule is CO[NH2+]c1ccccc1-c1ccc(-c2nc(-c3cccc(C(F)(F)F)c3)cs2)cc1C(=O)O. The molecule has 5 nitrogen and oxygen atoms in total. The van der Waals surface area contributed by atoms with E-state index in [-0.39, 0.29) is 5.56 Å². The van der Waals surface area contributed by atoms with Crippen LogP contribution in [0.5, 0.6) is 0 Å². The molecule has 1 heterocycles. The molecule has 3 aromatic carbocycles. The van der Waals surface area contributed by atoms with E-state index in [2.05, 4.69) is 4.98 Å². The molecular formula is C24H18F3N2O3S+. The number of alkyl halides is 3. The van der Waals surface area contributed by atoms with Gasteiger partial charge in [-0.05, 0) is 24.3 Å². The first-order valence-electron chi connectivity index (χ1n) is 9.74. The van der Waals surface area contributed by atoms with Crippen LogP contribution >= 0.6 is 11.3 Å². The van der Waals surface area contributed by atoms with E-state index in [0.29, 0.717) is 33.0 Å². The van der Waals surface area contributed by atoms with Gasteiger partial charge in [-0.15, -0.1) is 11.3 Å². The van der Waals surface area contributed by atoms with Crippen molar-refractivity contribution in [3.05, 3.63) is 83.2 Å². The van der Waals surface area contributed by atoms with Gasteiger partial charge in [0.15, 0.2) is 5.69 Å². The first kappa shape index (κ1) is 22.7. The average Bonchev–Trinajstić information content (AvgIpc) is 3.29. The number of halogens is 3. The molecule has 168 valence electrons. The quantitative estimate of drug-likeness (QED) is 0.283. The van der Waals surface area contributed by atoms with E-state index in [0.717, 1.165) is 17.8 Å². The molecule has 0 amide bonds. The predicted molar refractivity (Wildman–Crippen MR) is 119 cm³/mol. The molecular weight excluding hydrogens is 453 g/mol. The second-order valence-electron chi connectivity index (χ2n) is 7.12. The highest BCUT2D eigenvalue weighted by Crippen LogP contribution is 2.36. The smallest absolute Gasteiger partial charge is 0.416 e. The summed E-state index contributed by atoms with van der Waals surface area (Å²) in [5.74, 6) is -1.10. The number of nitrogens with two attached hydrogens (primary N) is 1. The van der Waals surface area contributed by atoms with Gasteiger partial charge in [0.2, 0.25) is 0 Å². The normalized spacial score (nSPS) is 11.5. The number of quaternary nitrogens is 1. The molecule has 0 bridgehead atoms. The Morgan fingerprint density at radius 2 is 1.79 bits per heavy atom. The van der Waals surface area contributed by atoms with E-state index in [9.17, 15) is 23.1 Å². The van der Waals surface area contributed by atoms with Crippen molar-refractivity contribution in [2.75, 3.05) is 7.11 Å². The van der Waals surface area contributed by atoms with E-state index in [1.54, 1.807) is 29.6 Å². The zero-order valence-electron chi connectivity index (χ0n) is 17.3. The molecule has 3 N–H and O–H groups in total. The van der Waals surface area contributed by atoms with E-state index in [1.165, 1.54) is 36.1 Å². The summed E-state index contributed by atoms with van der Waals surface area (Å²) in [4.78, 5) is 21.6. The molecule has 33 heavy (non-hydrogen) atoms. The summed E-state index contributed by atoms with van der Waals surface area (Å²) >= 11 is 1.23. The minimum Gasteiger partial charge on any atom is -0.478 e. The highest BCUT2D eigenvalue weighted by atomic mass is 32.1. The number of aromatic carboxylic acids is 1. The van der Waals surface area contributed by atoms with Crippen LogP contribution in [0.4, 0.5) is 18.9 Å². The number of hydrogen-bond acceptors (Lipinski definition) is 4. The third kappa shape index (κ3) is 4.80. The van der Waals surface area contributed by atoms with Crippen LogP contribution in [0.2, 0.25) is 0 Å². The third-order valence-electron chi connectivity index (χ3n) is 4.98. The second-order valence-corrected chi connectivity index (χ2v) is 7.98. The third-order valence-corrected chi connectivity index (χ3v) is 5.87. The molecule has 0 spiro atoms. The molecule has 0 saturated carbocycles. The number of hydrogen-bond donors (Lipinski definition) is 2. The maximum Gasteiger partial charge on any atom is 0.416 e. The molecule has 0 unspecified atom stereocenters. The van der Waals surface area contributed by atoms with Gasteiger partial charge >= 0.3 is 12.1 Å². The number of carboxylic acids is 1. The van der Waals surface area contributed by atoms with Crippen LogP contribution in [0.1, 0.15) is 15.9 Å². The van der Waals surface area contributed by atoms with Crippen molar-refractivity contribution in [2.45, 2.75) is 6.18 Å². The highest BCUT2D eigenvalue weighted by Gasteiger charge is 2.30. The lowest BCUT2D eigenvalue weighted by molar-refractivity contribution is -0.829. The lowest BCUT2D eigenvalue weighted by Crippen LogP contribution is -2.76. The Morgan fingerprint density at radius 3 is 2.52 bits per heavy atom. The molecule has 1 aromatic heterocycles. The van der Waals surface area contributed by atoms with Gasteiger partial charge in [-0.3, -0.25) is 0 Å². The summed E-state index contributed by atoms with van der Waals surface area (Å²) in [6.07, 6.45) is -4.45. The molecule has 0 atom stereocenters. The van der Waals surface area contributed by atoms with Crippen LogP contribution in [0.25, 0.3) is 33.0 Å². The van der Waals surface area contributed by atoms with Crippen molar-refractivity contribution < 1.29 is 33.4 Å². The monoisotopic (exact) mass is 471 g/mol. The maximum atomic E-state index is 13.0. The molecule has 0 aliphatic heterocycles. The highest BCUT2D eigenvalue weighted by molar-refractivity contribution is 7.13. The van der Waals surface area contributed by atoms with Crippen LogP contribution in [0.3, 0.4) is 0 Å². The van der Waals surface area contributed by atoms with Crippen LogP contribution < -0.4 is 5.48 Å². The fraction of sp³-hybridized carbons (Fsp3) is 0.0833. The van der Waals surface area contributed by atoms with Gasteiger partial charge in [0.25, 0.3) is 0 Å². The summed E-state index contributed by atoms with van der Waals surface area (Å²) in [5, 5.41) is 12.0. The number of rotatable bonds is 6. The number of nitrogens with zero attached hydrogens (tertiary/aromatic N) is 1. The van der Waals surface area contributed by atoms with Crippen molar-refractivity contribution >= 4 is 23.0 Å². The van der Waals surface area contributed by atoms with Gasteiger partial charge in [0.1, 0.15) is 5.01 Å². The molecule has 4 rings (SSSR count). The van der Waals surface area contributed by atoms with E-state index < -0.39 is 17.7 Å². The Balaban J connectivity index is 1.73. The Kier molecular flexibility index (Phi) is 6.28. The van der Waals surface area contributed by atoms with Crippen molar-refractivity contribution in [2.24, 2.45) is 0 Å². The first-order valence-corrected chi connectivity index (χ1v) is 10.6. The average molecular weight is 471 g/mol. The maximum absolute atomic E-state index is 13.0. The lowest BCUT2D eigenvalue weighted by atomic mass is 9.96. The zero-order valence-corrected chi connectivity index (χ0v) is 18.1. The molecule has 0 saturated heterocycles. The topological polar surface area (TPSA) is 76.0 Å². The van der Waals surface area contributed by atoms with Crippen molar-refractivity contribution in [3.63, 3.8) is 0 Å². The van der Waals surface area contributed by atoms with Gasteiger partial charge in [0.05, 0.1) is 23.9 Å². The van der Waals surface area contributed by atoms with E-state index >= 15 is 0 Å². The molecule has 9 heteroatoms. The van der Waals surface area contributed by atoms with Gasteiger partial charge in [-0.25, -0.2) is 14.6 Å². The number of benzene rings is 3. The summed E-state index contributed by atoms with van der Waals surface area (Å²) in [6, 6.07) is 17.2. The van der Waals surface area contributed by atoms with Crippen molar-refractivity contribution in [3.8, 4) is 33.0 Å². The van der Waals surface area contributed by atoms with Gasteiger partial charge in [0, 0.05) is 33.7 Å². The fourth-order valence-corrected chi connectivity index (χ4v) is 4.28. The Hall–Kier alpha value is -3.53. The summed E-state index contributed by atoms with van der Waals surface area (Å²) < 4.78 is 39.1. The number of carbonyl (C=O) groups is 1. The minimum atomic E-state index is -4.45. The Morgan fingerprint density at radius 1 is 1.00 bits per heavy atom. The van der Waals surface area contributed by atoms with Crippen LogP contribution in [0, 0.1) is 0 Å². The van der Waals surface area contributed by atoms with Crippen LogP contribution in [-0.2, 0) is 11.0 Å². The van der Waals surface area contributed by atoms with Crippen molar-refractivity contribution in [1.29, 1.82) is 0 Å². The molecule has 0 aliphatic carbocycles. The fourth-order valence-electron chi connectivity index (χ4n) is 3.45. The van der Waals surface area contributed by atoms with E-state index in [1.807, 2.05) is 18.2 Å². The zero-order chi connectivity index (χ0) is 23.6. The van der Waals surface area contributed by atoms with Crippen LogP contribution in [-0.4, -0.2) is 23.2 Å². The Labute approximate surface area is 191 Å². The number of aromatic nitrogens is 1.